The fraction of sp³-hybridized carbons (Fsp3) is 0.462. The Morgan fingerprint density at radius 3 is 3.16 bits per heavy atom. The van der Waals surface area contributed by atoms with Crippen molar-refractivity contribution in [1.82, 2.24) is 4.98 Å². The van der Waals surface area contributed by atoms with Crippen LogP contribution in [0.25, 0.3) is 0 Å². The molecular weight excluding hydrogens is 266 g/mol. The summed E-state index contributed by atoms with van der Waals surface area (Å²) in [7, 11) is 1.39. The number of halogens is 1. The van der Waals surface area contributed by atoms with E-state index in [2.05, 4.69) is 4.98 Å². The summed E-state index contributed by atoms with van der Waals surface area (Å²) in [5.41, 5.74) is 0.395. The maximum Gasteiger partial charge on any atom is 0.310 e. The topological polar surface area (TPSA) is 66.2 Å². The number of piperidine rings is 1. The van der Waals surface area contributed by atoms with Crippen LogP contribution in [0.3, 0.4) is 0 Å². The first kappa shape index (κ1) is 13.6. The average Bonchev–Trinajstić information content (AvgIpc) is 2.46. The molecule has 0 bridgehead atoms. The van der Waals surface area contributed by atoms with Crippen molar-refractivity contribution in [2.24, 2.45) is 5.92 Å². The quantitative estimate of drug-likeness (QED) is 0.775. The minimum Gasteiger partial charge on any atom is -0.469 e. The van der Waals surface area contributed by atoms with Crippen LogP contribution < -0.4 is 4.90 Å². The molecule has 1 aromatic rings. The summed E-state index contributed by atoms with van der Waals surface area (Å²) in [6.45, 7) is 1.30. The molecule has 1 atom stereocenters. The number of nitriles is 1. The predicted octanol–water partition coefficient (Wildman–Crippen LogP) is 2.00. The first-order valence-corrected chi connectivity index (χ1v) is 6.42. The van der Waals surface area contributed by atoms with Gasteiger partial charge in [0.1, 0.15) is 16.9 Å². The first-order chi connectivity index (χ1) is 9.17. The number of ether oxygens (including phenoxy) is 1. The highest BCUT2D eigenvalue weighted by molar-refractivity contribution is 6.34. The largest absolute Gasteiger partial charge is 0.469 e. The van der Waals surface area contributed by atoms with Gasteiger partial charge >= 0.3 is 5.97 Å². The van der Waals surface area contributed by atoms with Gasteiger partial charge in [0, 0.05) is 19.3 Å². The van der Waals surface area contributed by atoms with E-state index in [-0.39, 0.29) is 11.9 Å². The number of hydrogen-bond acceptors (Lipinski definition) is 5. The van der Waals surface area contributed by atoms with E-state index in [4.69, 9.17) is 21.6 Å². The van der Waals surface area contributed by atoms with Crippen molar-refractivity contribution in [3.63, 3.8) is 0 Å². The van der Waals surface area contributed by atoms with Crippen LogP contribution in [-0.2, 0) is 9.53 Å². The van der Waals surface area contributed by atoms with Gasteiger partial charge in [-0.2, -0.15) is 5.26 Å². The Kier molecular flexibility index (Phi) is 4.23. The average molecular weight is 280 g/mol. The molecule has 5 nitrogen and oxygen atoms in total. The number of esters is 1. The van der Waals surface area contributed by atoms with Crippen LogP contribution in [0, 0.1) is 17.2 Å². The number of nitrogens with zero attached hydrogens (tertiary/aromatic N) is 3. The summed E-state index contributed by atoms with van der Waals surface area (Å²) in [4.78, 5) is 17.8. The predicted molar refractivity (Wildman–Crippen MR) is 70.9 cm³/mol. The lowest BCUT2D eigenvalue weighted by atomic mass is 9.98. The van der Waals surface area contributed by atoms with E-state index in [0.29, 0.717) is 22.9 Å². The maximum atomic E-state index is 11.6. The van der Waals surface area contributed by atoms with Crippen LogP contribution in [0.2, 0.25) is 5.02 Å². The molecule has 6 heteroatoms. The van der Waals surface area contributed by atoms with Crippen molar-refractivity contribution in [1.29, 1.82) is 5.26 Å². The second-order valence-corrected chi connectivity index (χ2v) is 4.79. The van der Waals surface area contributed by atoms with Crippen molar-refractivity contribution in [3.05, 3.63) is 22.8 Å². The minimum atomic E-state index is -0.211. The molecule has 0 spiro atoms. The zero-order chi connectivity index (χ0) is 13.8. The number of carbonyl (C=O) groups excluding carboxylic acids is 1. The van der Waals surface area contributed by atoms with E-state index in [9.17, 15) is 4.79 Å². The Morgan fingerprint density at radius 1 is 1.68 bits per heavy atom. The normalized spacial score (nSPS) is 18.8. The van der Waals surface area contributed by atoms with Gasteiger partial charge in [-0.1, -0.05) is 11.6 Å². The van der Waals surface area contributed by atoms with Gasteiger partial charge in [-0.05, 0) is 18.9 Å². The highest BCUT2D eigenvalue weighted by Crippen LogP contribution is 2.30. The molecule has 1 unspecified atom stereocenters. The van der Waals surface area contributed by atoms with Crippen LogP contribution in [0.5, 0.6) is 0 Å². The number of hydrogen-bond donors (Lipinski definition) is 0. The molecule has 0 amide bonds. The summed E-state index contributed by atoms with van der Waals surface area (Å²) < 4.78 is 4.78. The Balaban J connectivity index is 2.23. The maximum absolute atomic E-state index is 11.6. The molecular formula is C13H14ClN3O2. The third-order valence-electron chi connectivity index (χ3n) is 3.25. The van der Waals surface area contributed by atoms with Crippen molar-refractivity contribution in [2.45, 2.75) is 12.8 Å². The van der Waals surface area contributed by atoms with Gasteiger partial charge < -0.3 is 9.64 Å². The fourth-order valence-corrected chi connectivity index (χ4v) is 2.54. The zero-order valence-corrected chi connectivity index (χ0v) is 11.4. The second kappa shape index (κ2) is 5.89. The van der Waals surface area contributed by atoms with Gasteiger partial charge in [0.05, 0.1) is 18.6 Å². The molecule has 1 fully saturated rings. The van der Waals surface area contributed by atoms with Crippen molar-refractivity contribution in [3.8, 4) is 6.07 Å². The highest BCUT2D eigenvalue weighted by atomic mass is 35.5. The number of aromatic nitrogens is 1. The lowest BCUT2D eigenvalue weighted by molar-refractivity contribution is -0.145. The van der Waals surface area contributed by atoms with E-state index in [1.54, 1.807) is 12.3 Å². The lowest BCUT2D eigenvalue weighted by Gasteiger charge is -2.32. The number of rotatable bonds is 2. The monoisotopic (exact) mass is 279 g/mol. The third-order valence-corrected chi connectivity index (χ3v) is 3.62. The highest BCUT2D eigenvalue weighted by Gasteiger charge is 2.28. The molecule has 100 valence electrons. The molecule has 0 aliphatic carbocycles. The lowest BCUT2D eigenvalue weighted by Crippen LogP contribution is -2.39. The van der Waals surface area contributed by atoms with E-state index < -0.39 is 0 Å². The molecule has 1 aliphatic heterocycles. The van der Waals surface area contributed by atoms with Crippen molar-refractivity contribution >= 4 is 23.4 Å². The molecule has 1 saturated heterocycles. The molecule has 1 aromatic heterocycles. The van der Waals surface area contributed by atoms with Crippen LogP contribution in [0.1, 0.15) is 18.4 Å². The standard InChI is InChI=1S/C13H14ClN3O2/c1-19-13(18)10-3-2-6-17(8-10)12-11(14)9(7-15)4-5-16-12/h4-5,10H,2-3,6,8H2,1H3. The Hall–Kier alpha value is -1.80. The summed E-state index contributed by atoms with van der Waals surface area (Å²) in [6, 6.07) is 3.61. The van der Waals surface area contributed by atoms with E-state index in [1.165, 1.54) is 7.11 Å². The van der Waals surface area contributed by atoms with Gasteiger partial charge in [-0.25, -0.2) is 4.98 Å². The van der Waals surface area contributed by atoms with Gasteiger partial charge in [-0.15, -0.1) is 0 Å². The van der Waals surface area contributed by atoms with Crippen molar-refractivity contribution in [2.75, 3.05) is 25.1 Å². The van der Waals surface area contributed by atoms with Gasteiger partial charge in [-0.3, -0.25) is 4.79 Å². The van der Waals surface area contributed by atoms with Crippen LogP contribution in [0.4, 0.5) is 5.82 Å². The Bertz CT molecular complexity index is 527. The summed E-state index contributed by atoms with van der Waals surface area (Å²) >= 11 is 6.16. The van der Waals surface area contributed by atoms with E-state index in [0.717, 1.165) is 19.4 Å². The molecule has 0 aromatic carbocycles. The Labute approximate surface area is 116 Å². The number of anilines is 1. The zero-order valence-electron chi connectivity index (χ0n) is 10.6. The first-order valence-electron chi connectivity index (χ1n) is 6.04. The van der Waals surface area contributed by atoms with Crippen molar-refractivity contribution < 1.29 is 9.53 Å². The number of methoxy groups -OCH3 is 1. The molecule has 2 rings (SSSR count). The van der Waals surface area contributed by atoms with Crippen LogP contribution in [-0.4, -0.2) is 31.2 Å². The van der Waals surface area contributed by atoms with Gasteiger partial charge in [0.15, 0.2) is 0 Å². The molecule has 0 radical (unpaired) electrons. The summed E-state index contributed by atoms with van der Waals surface area (Å²) in [5, 5.41) is 9.31. The molecule has 19 heavy (non-hydrogen) atoms. The smallest absolute Gasteiger partial charge is 0.310 e. The van der Waals surface area contributed by atoms with Gasteiger partial charge in [0.2, 0.25) is 0 Å². The van der Waals surface area contributed by atoms with Crippen LogP contribution >= 0.6 is 11.6 Å². The Morgan fingerprint density at radius 2 is 2.47 bits per heavy atom. The van der Waals surface area contributed by atoms with E-state index >= 15 is 0 Å². The second-order valence-electron chi connectivity index (χ2n) is 4.42. The minimum absolute atomic E-state index is 0.164. The van der Waals surface area contributed by atoms with Gasteiger partial charge in [0.25, 0.3) is 0 Å². The number of pyridine rings is 1. The molecule has 1 aliphatic rings. The third kappa shape index (κ3) is 2.79. The molecule has 0 N–H and O–H groups in total. The molecule has 2 heterocycles. The van der Waals surface area contributed by atoms with Crippen LogP contribution in [0.15, 0.2) is 12.3 Å². The molecule has 0 saturated carbocycles. The summed E-state index contributed by atoms with van der Waals surface area (Å²) in [6.07, 6.45) is 3.23. The summed E-state index contributed by atoms with van der Waals surface area (Å²) in [5.74, 6) is 0.189. The number of carbonyl (C=O) groups is 1. The fourth-order valence-electron chi connectivity index (χ4n) is 2.27. The SMILES string of the molecule is COC(=O)C1CCCN(c2nccc(C#N)c2Cl)C1. The van der Waals surface area contributed by atoms with E-state index in [1.807, 2.05) is 11.0 Å².